The Morgan fingerprint density at radius 1 is 0.919 bits per heavy atom. The van der Waals surface area contributed by atoms with Gasteiger partial charge >= 0.3 is 11.9 Å². The summed E-state index contributed by atoms with van der Waals surface area (Å²) in [7, 11) is 0. The van der Waals surface area contributed by atoms with Gasteiger partial charge in [0, 0.05) is 24.4 Å². The highest BCUT2D eigenvalue weighted by molar-refractivity contribution is 5.82. The number of allylic oxidation sites excluding steroid dienone is 1. The zero-order chi connectivity index (χ0) is 26.9. The van der Waals surface area contributed by atoms with Gasteiger partial charge in [-0.1, -0.05) is 74.0 Å². The van der Waals surface area contributed by atoms with Gasteiger partial charge in [-0.3, -0.25) is 4.79 Å². The summed E-state index contributed by atoms with van der Waals surface area (Å²) in [5, 5.41) is 0. The smallest absolute Gasteiger partial charge is 0.332 e. The summed E-state index contributed by atoms with van der Waals surface area (Å²) in [5.41, 5.74) is 3.12. The van der Waals surface area contributed by atoms with Crippen molar-refractivity contribution in [3.63, 3.8) is 0 Å². The van der Waals surface area contributed by atoms with Crippen LogP contribution in [0.1, 0.15) is 77.0 Å². The molecule has 2 rings (SSSR count). The molecule has 37 heavy (non-hydrogen) atoms. The second kappa shape index (κ2) is 17.4. The highest BCUT2D eigenvalue weighted by Crippen LogP contribution is 2.32. The first kappa shape index (κ1) is 30.1. The van der Waals surface area contributed by atoms with Gasteiger partial charge in [-0.25, -0.2) is 4.79 Å². The average Bonchev–Trinajstić information content (AvgIpc) is 2.90. The first-order valence-electron chi connectivity index (χ1n) is 13.5. The summed E-state index contributed by atoms with van der Waals surface area (Å²) in [6.45, 7) is 9.60. The van der Waals surface area contributed by atoms with E-state index < -0.39 is 0 Å². The number of benzene rings is 2. The number of nitrogens with zero attached hydrogens (tertiary/aromatic N) is 1. The Bertz CT molecular complexity index is 945. The molecular formula is C31H43NO5. The van der Waals surface area contributed by atoms with Crippen LogP contribution in [0.5, 0.6) is 0 Å². The van der Waals surface area contributed by atoms with Crippen LogP contribution in [0, 0.1) is 0 Å². The third-order valence-electron chi connectivity index (χ3n) is 6.15. The van der Waals surface area contributed by atoms with Gasteiger partial charge in [0.05, 0.1) is 32.3 Å². The molecular weight excluding hydrogens is 466 g/mol. The summed E-state index contributed by atoms with van der Waals surface area (Å²) >= 11 is 0. The van der Waals surface area contributed by atoms with Crippen LogP contribution in [0.4, 0.5) is 0 Å². The minimum atomic E-state index is -0.364. The molecule has 0 saturated heterocycles. The maximum atomic E-state index is 12.7. The summed E-state index contributed by atoms with van der Waals surface area (Å²) < 4.78 is 16.5. The number of ether oxygens (including phenoxy) is 3. The third kappa shape index (κ3) is 10.8. The van der Waals surface area contributed by atoms with Crippen LogP contribution in [0.25, 0.3) is 0 Å². The van der Waals surface area contributed by atoms with Crippen molar-refractivity contribution < 1.29 is 23.8 Å². The van der Waals surface area contributed by atoms with E-state index in [-0.39, 0.29) is 30.4 Å². The maximum absolute atomic E-state index is 12.7. The molecule has 0 amide bonds. The normalized spacial score (nSPS) is 13.0. The molecule has 0 N–H and O–H groups in total. The fourth-order valence-electron chi connectivity index (χ4n) is 4.48. The molecule has 0 aliphatic carbocycles. The number of carbonyl (C=O) groups is 2. The molecule has 2 aromatic carbocycles. The maximum Gasteiger partial charge on any atom is 0.332 e. The minimum absolute atomic E-state index is 0.0573. The Morgan fingerprint density at radius 3 is 2.19 bits per heavy atom. The van der Waals surface area contributed by atoms with E-state index in [0.29, 0.717) is 39.3 Å². The molecule has 0 aliphatic rings. The molecule has 0 heterocycles. The van der Waals surface area contributed by atoms with Crippen molar-refractivity contribution in [2.24, 2.45) is 0 Å². The standard InChI is InChI=1S/C31H43NO5/c1-5-15-28(22-30(33)36-6-2)32(25(4)27-18-12-9-13-19-27)29(23-31(34)37-7-3)20-14-21-35-24-26-16-10-8-11-17-26/h8-13,16-19,22,25,29H,5-7,14-15,20-21,23-24H2,1-4H3/b28-22+/t25-,29-/m0/s1. The van der Waals surface area contributed by atoms with Crippen molar-refractivity contribution in [3.05, 3.63) is 83.6 Å². The Hall–Kier alpha value is -3.12. The zero-order valence-corrected chi connectivity index (χ0v) is 22.9. The fourth-order valence-corrected chi connectivity index (χ4v) is 4.48. The van der Waals surface area contributed by atoms with Gasteiger partial charge in [-0.05, 0) is 51.2 Å². The van der Waals surface area contributed by atoms with Gasteiger partial charge in [0.2, 0.25) is 0 Å². The number of hydrogen-bond donors (Lipinski definition) is 0. The average molecular weight is 510 g/mol. The first-order chi connectivity index (χ1) is 18.0. The van der Waals surface area contributed by atoms with Gasteiger partial charge in [0.1, 0.15) is 0 Å². The van der Waals surface area contributed by atoms with E-state index in [0.717, 1.165) is 29.7 Å². The van der Waals surface area contributed by atoms with E-state index in [4.69, 9.17) is 14.2 Å². The molecule has 0 saturated carbocycles. The molecule has 0 aromatic heterocycles. The van der Waals surface area contributed by atoms with E-state index in [1.54, 1.807) is 13.0 Å². The zero-order valence-electron chi connectivity index (χ0n) is 22.9. The second-order valence-electron chi connectivity index (χ2n) is 8.98. The molecule has 0 aliphatic heterocycles. The molecule has 0 radical (unpaired) electrons. The lowest BCUT2D eigenvalue weighted by Gasteiger charge is -2.40. The van der Waals surface area contributed by atoms with Gasteiger partial charge in [0.25, 0.3) is 0 Å². The van der Waals surface area contributed by atoms with E-state index in [9.17, 15) is 9.59 Å². The quantitative estimate of drug-likeness (QED) is 0.136. The number of carbonyl (C=O) groups excluding carboxylic acids is 2. The molecule has 0 fully saturated rings. The van der Waals surface area contributed by atoms with Crippen molar-refractivity contribution in [2.75, 3.05) is 19.8 Å². The van der Waals surface area contributed by atoms with Gasteiger partial charge < -0.3 is 19.1 Å². The molecule has 6 heteroatoms. The van der Waals surface area contributed by atoms with Gasteiger partial charge in [0.15, 0.2) is 0 Å². The second-order valence-corrected chi connectivity index (χ2v) is 8.98. The fraction of sp³-hybridized carbons (Fsp3) is 0.484. The van der Waals surface area contributed by atoms with Crippen LogP contribution in [0.15, 0.2) is 72.4 Å². The Kier molecular flexibility index (Phi) is 14.1. The van der Waals surface area contributed by atoms with E-state index in [2.05, 4.69) is 30.9 Å². The topological polar surface area (TPSA) is 65.1 Å². The van der Waals surface area contributed by atoms with Crippen molar-refractivity contribution in [3.8, 4) is 0 Å². The molecule has 0 spiro atoms. The third-order valence-corrected chi connectivity index (χ3v) is 6.15. The lowest BCUT2D eigenvalue weighted by molar-refractivity contribution is -0.144. The summed E-state index contributed by atoms with van der Waals surface area (Å²) in [5.74, 6) is -0.604. The van der Waals surface area contributed by atoms with Crippen LogP contribution >= 0.6 is 0 Å². The van der Waals surface area contributed by atoms with Crippen LogP contribution in [0.2, 0.25) is 0 Å². The molecule has 2 aromatic rings. The Balaban J connectivity index is 2.31. The van der Waals surface area contributed by atoms with Crippen molar-refractivity contribution >= 4 is 11.9 Å². The Morgan fingerprint density at radius 2 is 1.57 bits per heavy atom. The van der Waals surface area contributed by atoms with Crippen LogP contribution in [0.3, 0.4) is 0 Å². The summed E-state index contributed by atoms with van der Waals surface area (Å²) in [4.78, 5) is 27.5. The predicted octanol–water partition coefficient (Wildman–Crippen LogP) is 6.62. The lowest BCUT2D eigenvalue weighted by atomic mass is 9.97. The monoisotopic (exact) mass is 509 g/mol. The molecule has 202 valence electrons. The predicted molar refractivity (Wildman–Crippen MR) is 147 cm³/mol. The van der Waals surface area contributed by atoms with Crippen LogP contribution < -0.4 is 0 Å². The number of hydrogen-bond acceptors (Lipinski definition) is 6. The van der Waals surface area contributed by atoms with Crippen LogP contribution in [-0.4, -0.2) is 42.7 Å². The summed E-state index contributed by atoms with van der Waals surface area (Å²) in [6.07, 6.45) is 4.86. The highest BCUT2D eigenvalue weighted by Gasteiger charge is 2.29. The SMILES string of the molecule is CCC/C(=C\C(=O)OCC)N([C@@H](CCCOCc1ccccc1)CC(=O)OCC)[C@@H](C)c1ccccc1. The molecule has 0 unspecified atom stereocenters. The molecule has 2 atom stereocenters. The van der Waals surface area contributed by atoms with E-state index in [1.807, 2.05) is 55.5 Å². The van der Waals surface area contributed by atoms with E-state index >= 15 is 0 Å². The van der Waals surface area contributed by atoms with Crippen molar-refractivity contribution in [1.29, 1.82) is 0 Å². The van der Waals surface area contributed by atoms with Gasteiger partial charge in [-0.15, -0.1) is 0 Å². The van der Waals surface area contributed by atoms with Crippen molar-refractivity contribution in [1.82, 2.24) is 4.90 Å². The van der Waals surface area contributed by atoms with Crippen LogP contribution in [-0.2, 0) is 30.4 Å². The lowest BCUT2D eigenvalue weighted by Crippen LogP contribution is -2.39. The van der Waals surface area contributed by atoms with Gasteiger partial charge in [-0.2, -0.15) is 0 Å². The summed E-state index contributed by atoms with van der Waals surface area (Å²) in [6, 6.07) is 20.0. The molecule has 6 nitrogen and oxygen atoms in total. The minimum Gasteiger partial charge on any atom is -0.466 e. The number of esters is 2. The Labute approximate surface area is 222 Å². The first-order valence-corrected chi connectivity index (χ1v) is 13.5. The van der Waals surface area contributed by atoms with Crippen molar-refractivity contribution in [2.45, 2.75) is 78.5 Å². The highest BCUT2D eigenvalue weighted by atomic mass is 16.5. The molecule has 0 bridgehead atoms. The number of rotatable bonds is 17. The largest absolute Gasteiger partial charge is 0.466 e. The van der Waals surface area contributed by atoms with E-state index in [1.165, 1.54) is 0 Å².